The van der Waals surface area contributed by atoms with Crippen molar-refractivity contribution in [2.45, 2.75) is 0 Å². The Morgan fingerprint density at radius 2 is 1.43 bits per heavy atom. The molecule has 68 valence electrons. The maximum atomic E-state index is 9.81. The van der Waals surface area contributed by atoms with Gasteiger partial charge >= 0.3 is 0 Å². The van der Waals surface area contributed by atoms with E-state index in [0.717, 1.165) is 26.5 Å². The summed E-state index contributed by atoms with van der Waals surface area (Å²) in [5.74, 6) is 0. The lowest BCUT2D eigenvalue weighted by molar-refractivity contribution is 0.213. The number of fused-ring (bicyclic) bond motifs is 3. The van der Waals surface area contributed by atoms with E-state index in [0.29, 0.717) is 0 Å². The first-order valence-electron chi connectivity index (χ1n) is 4.25. The van der Waals surface area contributed by atoms with Crippen molar-refractivity contribution in [3.8, 4) is 0 Å². The van der Waals surface area contributed by atoms with Crippen molar-refractivity contribution >= 4 is 21.8 Å². The van der Waals surface area contributed by atoms with Crippen LogP contribution in [0.15, 0.2) is 36.9 Å². The average molecular weight is 185 g/mol. The van der Waals surface area contributed by atoms with Crippen molar-refractivity contribution in [2.75, 3.05) is 0 Å². The highest BCUT2D eigenvalue weighted by molar-refractivity contribution is 6.06. The number of nitrogens with zero attached hydrogens (tertiary/aromatic N) is 3. The number of pyridine rings is 2. The minimum atomic E-state index is 0.753. The summed E-state index contributed by atoms with van der Waals surface area (Å²) in [6.07, 6.45) is 6.76. The third-order valence-electron chi connectivity index (χ3n) is 2.34. The van der Waals surface area contributed by atoms with Gasteiger partial charge in [-0.15, -0.1) is 0 Å². The number of hydrogen-bond acceptors (Lipinski definition) is 3. The highest BCUT2D eigenvalue weighted by atomic mass is 16.5. The summed E-state index contributed by atoms with van der Waals surface area (Å²) in [6, 6.07) is 3.55. The van der Waals surface area contributed by atoms with Crippen molar-refractivity contribution in [1.29, 1.82) is 0 Å². The monoisotopic (exact) mass is 185 g/mol. The highest BCUT2D eigenvalue weighted by Crippen LogP contribution is 2.25. The van der Waals surface area contributed by atoms with Gasteiger partial charge in [-0.2, -0.15) is 4.73 Å². The second-order valence-corrected chi connectivity index (χ2v) is 3.10. The number of aromatic nitrogens is 3. The molecule has 0 fully saturated rings. The van der Waals surface area contributed by atoms with Crippen LogP contribution in [0.2, 0.25) is 0 Å². The maximum Gasteiger partial charge on any atom is 0.0910 e. The van der Waals surface area contributed by atoms with Crippen LogP contribution in [0.5, 0.6) is 0 Å². The third-order valence-corrected chi connectivity index (χ3v) is 2.34. The molecule has 0 aromatic carbocycles. The molecule has 3 rings (SSSR count). The molecule has 0 amide bonds. The van der Waals surface area contributed by atoms with Crippen LogP contribution in [0.4, 0.5) is 0 Å². The minimum absolute atomic E-state index is 0.753. The molecule has 0 aliphatic carbocycles. The normalized spacial score (nSPS) is 11.1. The fourth-order valence-electron chi connectivity index (χ4n) is 1.69. The zero-order chi connectivity index (χ0) is 9.54. The Labute approximate surface area is 79.4 Å². The molecule has 0 unspecified atom stereocenters. The Balaban J connectivity index is 2.69. The van der Waals surface area contributed by atoms with Gasteiger partial charge in [-0.3, -0.25) is 9.97 Å². The minimum Gasteiger partial charge on any atom is -0.428 e. The molecule has 3 heterocycles. The Bertz CT molecular complexity index is 562. The van der Waals surface area contributed by atoms with Crippen LogP contribution in [0.25, 0.3) is 21.8 Å². The summed E-state index contributed by atoms with van der Waals surface area (Å²) >= 11 is 0. The molecule has 3 aromatic heterocycles. The molecule has 0 saturated carbocycles. The number of rotatable bonds is 0. The molecule has 3 aromatic rings. The first-order valence-corrected chi connectivity index (χ1v) is 4.25. The van der Waals surface area contributed by atoms with E-state index in [4.69, 9.17) is 0 Å². The van der Waals surface area contributed by atoms with Crippen molar-refractivity contribution < 1.29 is 5.21 Å². The Morgan fingerprint density at radius 1 is 0.929 bits per heavy atom. The van der Waals surface area contributed by atoms with E-state index in [1.54, 1.807) is 36.9 Å². The van der Waals surface area contributed by atoms with Gasteiger partial charge in [0, 0.05) is 35.6 Å². The van der Waals surface area contributed by atoms with Gasteiger partial charge in [0.2, 0.25) is 0 Å². The van der Waals surface area contributed by atoms with Crippen LogP contribution in [-0.4, -0.2) is 19.9 Å². The topological polar surface area (TPSA) is 50.9 Å². The lowest BCUT2D eigenvalue weighted by Crippen LogP contribution is -1.87. The van der Waals surface area contributed by atoms with E-state index in [-0.39, 0.29) is 0 Å². The molecule has 4 nitrogen and oxygen atoms in total. The van der Waals surface area contributed by atoms with Crippen molar-refractivity contribution in [2.24, 2.45) is 0 Å². The Morgan fingerprint density at radius 3 is 1.93 bits per heavy atom. The van der Waals surface area contributed by atoms with E-state index in [1.807, 2.05) is 0 Å². The summed E-state index contributed by atoms with van der Waals surface area (Å²) in [5.41, 5.74) is 1.51. The number of hydrogen-bond donors (Lipinski definition) is 1. The molecular weight excluding hydrogens is 178 g/mol. The van der Waals surface area contributed by atoms with Crippen LogP contribution >= 0.6 is 0 Å². The molecule has 4 heteroatoms. The van der Waals surface area contributed by atoms with Crippen LogP contribution in [-0.2, 0) is 0 Å². The Hall–Kier alpha value is -2.10. The molecule has 14 heavy (non-hydrogen) atoms. The molecule has 0 saturated heterocycles. The van der Waals surface area contributed by atoms with E-state index in [2.05, 4.69) is 9.97 Å². The summed E-state index contributed by atoms with van der Waals surface area (Å²) in [4.78, 5) is 8.05. The van der Waals surface area contributed by atoms with Gasteiger partial charge in [0.1, 0.15) is 0 Å². The van der Waals surface area contributed by atoms with Gasteiger partial charge in [-0.25, -0.2) is 0 Å². The smallest absolute Gasteiger partial charge is 0.0910 e. The second-order valence-electron chi connectivity index (χ2n) is 3.10. The van der Waals surface area contributed by atoms with E-state index >= 15 is 0 Å². The molecule has 0 spiro atoms. The summed E-state index contributed by atoms with van der Waals surface area (Å²) in [6.45, 7) is 0. The summed E-state index contributed by atoms with van der Waals surface area (Å²) in [5, 5.41) is 11.6. The standard InChI is InChI=1S/C10H7N3O/c14-13-9-1-3-11-5-7(9)8-6-12-4-2-10(8)13/h1-6,14H. The predicted molar refractivity (Wildman–Crippen MR) is 52.2 cm³/mol. The average Bonchev–Trinajstić information content (AvgIpc) is 2.55. The van der Waals surface area contributed by atoms with Gasteiger partial charge < -0.3 is 5.21 Å². The van der Waals surface area contributed by atoms with Gasteiger partial charge in [-0.05, 0) is 12.1 Å². The van der Waals surface area contributed by atoms with Crippen LogP contribution < -0.4 is 0 Å². The quantitative estimate of drug-likeness (QED) is 0.543. The molecule has 0 aliphatic heterocycles. The van der Waals surface area contributed by atoms with Gasteiger partial charge in [0.05, 0.1) is 11.0 Å². The molecule has 0 bridgehead atoms. The molecule has 0 radical (unpaired) electrons. The van der Waals surface area contributed by atoms with Gasteiger partial charge in [0.15, 0.2) is 0 Å². The summed E-state index contributed by atoms with van der Waals surface area (Å²) < 4.78 is 1.16. The third kappa shape index (κ3) is 0.771. The largest absolute Gasteiger partial charge is 0.428 e. The maximum absolute atomic E-state index is 9.81. The zero-order valence-electron chi connectivity index (χ0n) is 7.25. The predicted octanol–water partition coefficient (Wildman–Crippen LogP) is 1.82. The SMILES string of the molecule is On1c2ccncc2c2cnccc21. The van der Waals surface area contributed by atoms with Crippen LogP contribution in [0.1, 0.15) is 0 Å². The van der Waals surface area contributed by atoms with Crippen molar-refractivity contribution in [1.82, 2.24) is 14.7 Å². The van der Waals surface area contributed by atoms with Crippen molar-refractivity contribution in [3.63, 3.8) is 0 Å². The van der Waals surface area contributed by atoms with Gasteiger partial charge in [0.25, 0.3) is 0 Å². The molecule has 0 atom stereocenters. The van der Waals surface area contributed by atoms with E-state index < -0.39 is 0 Å². The van der Waals surface area contributed by atoms with E-state index in [1.165, 1.54) is 0 Å². The first kappa shape index (κ1) is 7.32. The molecule has 0 aliphatic rings. The summed E-state index contributed by atoms with van der Waals surface area (Å²) in [7, 11) is 0. The van der Waals surface area contributed by atoms with E-state index in [9.17, 15) is 5.21 Å². The van der Waals surface area contributed by atoms with Gasteiger partial charge in [-0.1, -0.05) is 0 Å². The molecule has 1 N–H and O–H groups in total. The fourth-order valence-corrected chi connectivity index (χ4v) is 1.69. The highest BCUT2D eigenvalue weighted by Gasteiger charge is 2.08. The zero-order valence-corrected chi connectivity index (χ0v) is 7.25. The fraction of sp³-hybridized carbons (Fsp3) is 0. The lowest BCUT2D eigenvalue weighted by atomic mass is 10.2. The van der Waals surface area contributed by atoms with Crippen LogP contribution in [0.3, 0.4) is 0 Å². The second kappa shape index (κ2) is 2.45. The lowest BCUT2D eigenvalue weighted by Gasteiger charge is -1.93. The van der Waals surface area contributed by atoms with Crippen LogP contribution in [0, 0.1) is 0 Å². The first-order chi connectivity index (χ1) is 6.88. The Kier molecular flexibility index (Phi) is 1.28. The molecular formula is C10H7N3O. The van der Waals surface area contributed by atoms with Crippen molar-refractivity contribution in [3.05, 3.63) is 36.9 Å².